The van der Waals surface area contributed by atoms with Gasteiger partial charge in [-0.1, -0.05) is 18.1 Å². The smallest absolute Gasteiger partial charge is 0.290 e. The Hall–Kier alpha value is -5.37. The summed E-state index contributed by atoms with van der Waals surface area (Å²) in [6.07, 6.45) is 6.89. The Bertz CT molecular complexity index is 1410. The number of nitrogens with two attached hydrogens (primary N) is 1. The Balaban J connectivity index is 1.37. The van der Waals surface area contributed by atoms with Crippen LogP contribution in [0.1, 0.15) is 12.7 Å². The Labute approximate surface area is 220 Å². The Morgan fingerprint density at radius 3 is 2.58 bits per heavy atom. The summed E-state index contributed by atoms with van der Waals surface area (Å²) in [6.45, 7) is 2.52. The number of hydrogen-bond donors (Lipinski definition) is 3. The second-order valence-electron chi connectivity index (χ2n) is 7.68. The van der Waals surface area contributed by atoms with E-state index in [4.69, 9.17) is 31.8 Å². The molecule has 2 aromatic carbocycles. The van der Waals surface area contributed by atoms with Gasteiger partial charge in [0, 0.05) is 24.5 Å². The molecule has 11 heteroatoms. The zero-order chi connectivity index (χ0) is 26.7. The zero-order valence-corrected chi connectivity index (χ0v) is 20.7. The van der Waals surface area contributed by atoms with Crippen LogP contribution in [-0.4, -0.2) is 39.1 Å². The lowest BCUT2D eigenvalue weighted by Gasteiger charge is -2.21. The molecule has 4 rings (SSSR count). The van der Waals surface area contributed by atoms with Gasteiger partial charge in [0.05, 0.1) is 0 Å². The molecule has 0 saturated heterocycles. The molecule has 0 amide bonds. The molecule has 0 aliphatic carbocycles. The van der Waals surface area contributed by atoms with Gasteiger partial charge < -0.3 is 25.3 Å². The van der Waals surface area contributed by atoms with Crippen LogP contribution in [-0.2, 0) is 11.3 Å². The molecule has 0 bridgehead atoms. The van der Waals surface area contributed by atoms with E-state index >= 15 is 0 Å². The number of nitrogens with one attached hydrogen (secondary N) is 2. The number of aromatic nitrogens is 4. The predicted octanol–water partition coefficient (Wildman–Crippen LogP) is 4.37. The van der Waals surface area contributed by atoms with Crippen LogP contribution >= 0.6 is 0 Å². The van der Waals surface area contributed by atoms with Gasteiger partial charge in [0.2, 0.25) is 11.9 Å². The standard InChI is InChI=1S/C27H26N8O3/c1-3-16-36-21-8-7-9-22(17-21)38-20-13-11-19(12-14-20)31-27-33-23(32-25(28)34-27)18-37-26(29)35(4-2)24-10-5-6-15-30-24/h1,5-15,17,29H,4,16,18H2,2H3,(H3,28,31,32,33,34). The fraction of sp³-hybridized carbons (Fsp3) is 0.148. The van der Waals surface area contributed by atoms with Crippen LogP contribution in [0, 0.1) is 17.8 Å². The number of rotatable bonds is 10. The number of anilines is 4. The molecule has 0 aliphatic rings. The maximum Gasteiger partial charge on any atom is 0.290 e. The number of amidine groups is 1. The first-order chi connectivity index (χ1) is 18.5. The van der Waals surface area contributed by atoms with E-state index in [9.17, 15) is 0 Å². The summed E-state index contributed by atoms with van der Waals surface area (Å²) in [5.41, 5.74) is 6.59. The van der Waals surface area contributed by atoms with E-state index in [-0.39, 0.29) is 37.0 Å². The quantitative estimate of drug-likeness (QED) is 0.160. The molecule has 0 spiro atoms. The molecule has 192 valence electrons. The third kappa shape index (κ3) is 7.08. The van der Waals surface area contributed by atoms with E-state index in [0.29, 0.717) is 35.3 Å². The minimum Gasteiger partial charge on any atom is -0.481 e. The normalized spacial score (nSPS) is 10.2. The highest BCUT2D eigenvalue weighted by molar-refractivity contribution is 5.88. The molecule has 0 saturated carbocycles. The van der Waals surface area contributed by atoms with Crippen LogP contribution in [0.4, 0.5) is 23.4 Å². The molecule has 0 unspecified atom stereocenters. The third-order valence-corrected chi connectivity index (χ3v) is 5.00. The molecule has 2 heterocycles. The monoisotopic (exact) mass is 510 g/mol. The minimum absolute atomic E-state index is 0.0246. The minimum atomic E-state index is -0.0802. The van der Waals surface area contributed by atoms with Gasteiger partial charge >= 0.3 is 0 Å². The molecule has 11 nitrogen and oxygen atoms in total. The highest BCUT2D eigenvalue weighted by Gasteiger charge is 2.14. The summed E-state index contributed by atoms with van der Waals surface area (Å²) in [5.74, 6) is 5.44. The molecular weight excluding hydrogens is 484 g/mol. The van der Waals surface area contributed by atoms with E-state index in [1.54, 1.807) is 41.4 Å². The number of pyridine rings is 1. The third-order valence-electron chi connectivity index (χ3n) is 5.00. The lowest BCUT2D eigenvalue weighted by Crippen LogP contribution is -2.32. The molecule has 0 fully saturated rings. The maximum atomic E-state index is 8.28. The van der Waals surface area contributed by atoms with Gasteiger partial charge in [0.15, 0.2) is 12.4 Å². The van der Waals surface area contributed by atoms with Crippen molar-refractivity contribution in [1.29, 1.82) is 5.41 Å². The zero-order valence-electron chi connectivity index (χ0n) is 20.7. The first kappa shape index (κ1) is 25.7. The summed E-state index contributed by atoms with van der Waals surface area (Å²) in [4.78, 5) is 18.5. The topological polar surface area (TPSA) is 144 Å². The Morgan fingerprint density at radius 1 is 1.03 bits per heavy atom. The lowest BCUT2D eigenvalue weighted by molar-refractivity contribution is 0.271. The molecule has 4 aromatic rings. The van der Waals surface area contributed by atoms with Crippen molar-refractivity contribution in [2.75, 3.05) is 29.1 Å². The summed E-state index contributed by atoms with van der Waals surface area (Å²) < 4.78 is 16.9. The highest BCUT2D eigenvalue weighted by Crippen LogP contribution is 2.27. The first-order valence-corrected chi connectivity index (χ1v) is 11.7. The van der Waals surface area contributed by atoms with Gasteiger partial charge in [0.25, 0.3) is 6.02 Å². The van der Waals surface area contributed by atoms with E-state index < -0.39 is 0 Å². The van der Waals surface area contributed by atoms with Crippen molar-refractivity contribution in [1.82, 2.24) is 19.9 Å². The van der Waals surface area contributed by atoms with Gasteiger partial charge in [-0.05, 0) is 55.5 Å². The van der Waals surface area contributed by atoms with Gasteiger partial charge in [-0.3, -0.25) is 10.3 Å². The van der Waals surface area contributed by atoms with Crippen LogP contribution < -0.4 is 25.4 Å². The predicted molar refractivity (Wildman–Crippen MR) is 145 cm³/mol. The molecule has 0 radical (unpaired) electrons. The molecule has 2 aromatic heterocycles. The van der Waals surface area contributed by atoms with Gasteiger partial charge in [0.1, 0.15) is 29.7 Å². The lowest BCUT2D eigenvalue weighted by atomic mass is 10.3. The molecule has 0 atom stereocenters. The van der Waals surface area contributed by atoms with Crippen LogP contribution in [0.5, 0.6) is 17.2 Å². The van der Waals surface area contributed by atoms with E-state index in [1.165, 1.54) is 0 Å². The second kappa shape index (κ2) is 12.5. The maximum absolute atomic E-state index is 8.28. The van der Waals surface area contributed by atoms with Gasteiger partial charge in [-0.2, -0.15) is 15.0 Å². The number of terminal acetylenes is 1. The number of benzene rings is 2. The van der Waals surface area contributed by atoms with E-state index in [0.717, 1.165) is 0 Å². The fourth-order valence-electron chi connectivity index (χ4n) is 3.32. The summed E-state index contributed by atoms with van der Waals surface area (Å²) in [6, 6.07) is 19.8. The number of nitrogen functional groups attached to an aromatic ring is 1. The molecular formula is C27H26N8O3. The Kier molecular flexibility index (Phi) is 8.49. The van der Waals surface area contributed by atoms with Crippen molar-refractivity contribution in [3.8, 4) is 29.6 Å². The van der Waals surface area contributed by atoms with Gasteiger partial charge in [-0.15, -0.1) is 6.42 Å². The summed E-state index contributed by atoms with van der Waals surface area (Å²) >= 11 is 0. The fourth-order valence-corrected chi connectivity index (χ4v) is 3.32. The van der Waals surface area contributed by atoms with Crippen molar-refractivity contribution >= 4 is 29.4 Å². The number of nitrogens with zero attached hydrogens (tertiary/aromatic N) is 5. The Morgan fingerprint density at radius 2 is 1.84 bits per heavy atom. The van der Waals surface area contributed by atoms with Crippen LogP contribution in [0.15, 0.2) is 72.9 Å². The van der Waals surface area contributed by atoms with Crippen molar-refractivity contribution in [3.05, 3.63) is 78.8 Å². The summed E-state index contributed by atoms with van der Waals surface area (Å²) in [5, 5.41) is 11.4. The van der Waals surface area contributed by atoms with Crippen molar-refractivity contribution < 1.29 is 14.2 Å². The average Bonchev–Trinajstić information content (AvgIpc) is 2.93. The van der Waals surface area contributed by atoms with Gasteiger partial charge in [-0.25, -0.2) is 4.98 Å². The van der Waals surface area contributed by atoms with Crippen LogP contribution in [0.25, 0.3) is 0 Å². The molecule has 4 N–H and O–H groups in total. The van der Waals surface area contributed by atoms with Crippen LogP contribution in [0.2, 0.25) is 0 Å². The number of hydrogen-bond acceptors (Lipinski definition) is 10. The van der Waals surface area contributed by atoms with E-state index in [1.807, 2.05) is 43.3 Å². The van der Waals surface area contributed by atoms with Crippen molar-refractivity contribution in [2.45, 2.75) is 13.5 Å². The number of ether oxygens (including phenoxy) is 3. The van der Waals surface area contributed by atoms with Crippen LogP contribution in [0.3, 0.4) is 0 Å². The summed E-state index contributed by atoms with van der Waals surface area (Å²) in [7, 11) is 0. The van der Waals surface area contributed by atoms with E-state index in [2.05, 4.69) is 31.2 Å². The molecule has 0 aliphatic heterocycles. The average molecular weight is 511 g/mol. The van der Waals surface area contributed by atoms with Crippen molar-refractivity contribution in [3.63, 3.8) is 0 Å². The molecule has 38 heavy (non-hydrogen) atoms. The SMILES string of the molecule is C#CCOc1cccc(Oc2ccc(Nc3nc(N)nc(COC(=N)N(CC)c4ccccn4)n3)cc2)c1. The highest BCUT2D eigenvalue weighted by atomic mass is 16.5. The second-order valence-corrected chi connectivity index (χ2v) is 7.68. The first-order valence-electron chi connectivity index (χ1n) is 11.7. The largest absolute Gasteiger partial charge is 0.481 e. The van der Waals surface area contributed by atoms with Crippen molar-refractivity contribution in [2.24, 2.45) is 0 Å².